The fourth-order valence-electron chi connectivity index (χ4n) is 1.64. The zero-order chi connectivity index (χ0) is 10.6. The summed E-state index contributed by atoms with van der Waals surface area (Å²) in [6.07, 6.45) is 8.69. The Morgan fingerprint density at radius 3 is 2.36 bits per heavy atom. The second-order valence-corrected chi connectivity index (χ2v) is 3.99. The van der Waals surface area contributed by atoms with Crippen molar-refractivity contribution < 1.29 is 5.11 Å². The van der Waals surface area contributed by atoms with E-state index in [9.17, 15) is 0 Å². The lowest BCUT2D eigenvalue weighted by Crippen LogP contribution is -2.30. The van der Waals surface area contributed by atoms with Gasteiger partial charge in [0.1, 0.15) is 0 Å². The zero-order valence-corrected chi connectivity index (χ0v) is 9.89. The summed E-state index contributed by atoms with van der Waals surface area (Å²) in [6.45, 7) is 5.83. The lowest BCUT2D eigenvalue weighted by atomic mass is 10.1. The van der Waals surface area contributed by atoms with E-state index in [1.54, 1.807) is 0 Å². The number of hydrogen-bond donors (Lipinski definition) is 2. The third kappa shape index (κ3) is 8.52. The Morgan fingerprint density at radius 1 is 1.07 bits per heavy atom. The Balaban J connectivity index is 3.15. The molecule has 86 valence electrons. The van der Waals surface area contributed by atoms with Crippen LogP contribution in [0.4, 0.5) is 0 Å². The molecule has 0 aromatic heterocycles. The molecule has 1 unspecified atom stereocenters. The molecule has 0 rings (SSSR count). The van der Waals surface area contributed by atoms with Crippen LogP contribution in [0.5, 0.6) is 0 Å². The predicted octanol–water partition coefficient (Wildman–Crippen LogP) is 2.71. The molecule has 0 heterocycles. The van der Waals surface area contributed by atoms with Crippen molar-refractivity contribution in [3.05, 3.63) is 0 Å². The fourth-order valence-corrected chi connectivity index (χ4v) is 1.64. The smallest absolute Gasteiger partial charge is 0.0445 e. The zero-order valence-electron chi connectivity index (χ0n) is 9.89. The summed E-state index contributed by atoms with van der Waals surface area (Å²) in [5, 5.41) is 12.3. The van der Waals surface area contributed by atoms with Crippen molar-refractivity contribution >= 4 is 0 Å². The van der Waals surface area contributed by atoms with Crippen LogP contribution in [0.15, 0.2) is 0 Å². The van der Waals surface area contributed by atoms with Crippen LogP contribution in [0.25, 0.3) is 0 Å². The van der Waals surface area contributed by atoms with Gasteiger partial charge >= 0.3 is 0 Å². The minimum absolute atomic E-state index is 0.307. The summed E-state index contributed by atoms with van der Waals surface area (Å²) < 4.78 is 0. The van der Waals surface area contributed by atoms with Crippen molar-refractivity contribution in [3.63, 3.8) is 0 Å². The highest BCUT2D eigenvalue weighted by atomic mass is 16.3. The van der Waals surface area contributed by atoms with Crippen molar-refractivity contribution in [1.29, 1.82) is 0 Å². The molecule has 0 spiro atoms. The molecular formula is C12H27NO. The number of hydrogen-bond acceptors (Lipinski definition) is 2. The van der Waals surface area contributed by atoms with E-state index in [4.69, 9.17) is 5.11 Å². The molecule has 0 fully saturated rings. The highest BCUT2D eigenvalue weighted by Gasteiger charge is 2.02. The van der Waals surface area contributed by atoms with Crippen molar-refractivity contribution in [2.75, 3.05) is 13.2 Å². The van der Waals surface area contributed by atoms with Gasteiger partial charge in [-0.3, -0.25) is 0 Å². The first kappa shape index (κ1) is 13.9. The monoisotopic (exact) mass is 201 g/mol. The minimum atomic E-state index is 0.307. The van der Waals surface area contributed by atoms with Crippen LogP contribution in [0.2, 0.25) is 0 Å². The highest BCUT2D eigenvalue weighted by molar-refractivity contribution is 4.63. The molecule has 0 saturated heterocycles. The third-order valence-electron chi connectivity index (χ3n) is 2.68. The molecule has 2 N–H and O–H groups in total. The molecule has 0 aromatic carbocycles. The Kier molecular flexibility index (Phi) is 10.9. The molecule has 0 radical (unpaired) electrons. The molecule has 0 amide bonds. The maximum atomic E-state index is 8.80. The van der Waals surface area contributed by atoms with Gasteiger partial charge in [0.05, 0.1) is 0 Å². The molecule has 0 aliphatic rings. The van der Waals surface area contributed by atoms with Crippen molar-refractivity contribution in [2.45, 2.75) is 64.8 Å². The maximum Gasteiger partial charge on any atom is 0.0445 e. The van der Waals surface area contributed by atoms with Crippen molar-refractivity contribution in [1.82, 2.24) is 5.32 Å². The molecular weight excluding hydrogens is 174 g/mol. The average molecular weight is 201 g/mol. The van der Waals surface area contributed by atoms with Gasteiger partial charge in [-0.2, -0.15) is 0 Å². The molecule has 1 atom stereocenters. The van der Waals surface area contributed by atoms with Gasteiger partial charge in [-0.05, 0) is 25.8 Å². The second-order valence-electron chi connectivity index (χ2n) is 3.99. The third-order valence-corrected chi connectivity index (χ3v) is 2.68. The summed E-state index contributed by atoms with van der Waals surface area (Å²) >= 11 is 0. The van der Waals surface area contributed by atoms with Gasteiger partial charge in [-0.1, -0.05) is 39.5 Å². The summed E-state index contributed by atoms with van der Waals surface area (Å²) in [7, 11) is 0. The van der Waals surface area contributed by atoms with E-state index in [-0.39, 0.29) is 0 Å². The van der Waals surface area contributed by atoms with E-state index >= 15 is 0 Å². The van der Waals surface area contributed by atoms with E-state index in [1.165, 1.54) is 32.1 Å². The van der Waals surface area contributed by atoms with Gasteiger partial charge in [0.15, 0.2) is 0 Å². The van der Waals surface area contributed by atoms with Crippen LogP contribution in [-0.4, -0.2) is 24.3 Å². The summed E-state index contributed by atoms with van der Waals surface area (Å²) in [4.78, 5) is 0. The van der Waals surface area contributed by atoms with Gasteiger partial charge in [-0.25, -0.2) is 0 Å². The predicted molar refractivity (Wildman–Crippen MR) is 62.5 cm³/mol. The Bertz CT molecular complexity index is 106. The largest absolute Gasteiger partial charge is 0.396 e. The maximum absolute atomic E-state index is 8.80. The van der Waals surface area contributed by atoms with Gasteiger partial charge in [0.2, 0.25) is 0 Å². The molecule has 2 heteroatoms. The SMILES string of the molecule is CCCCCCCNC(CC)CCO. The Morgan fingerprint density at radius 2 is 1.79 bits per heavy atom. The molecule has 0 saturated carbocycles. The van der Waals surface area contributed by atoms with E-state index < -0.39 is 0 Å². The molecule has 0 aliphatic heterocycles. The minimum Gasteiger partial charge on any atom is -0.396 e. The number of nitrogens with one attached hydrogen (secondary N) is 1. The van der Waals surface area contributed by atoms with Crippen LogP contribution >= 0.6 is 0 Å². The highest BCUT2D eigenvalue weighted by Crippen LogP contribution is 2.02. The van der Waals surface area contributed by atoms with Gasteiger partial charge < -0.3 is 10.4 Å². The van der Waals surface area contributed by atoms with Gasteiger partial charge in [-0.15, -0.1) is 0 Å². The van der Waals surface area contributed by atoms with E-state index in [0.29, 0.717) is 12.6 Å². The second kappa shape index (κ2) is 11.0. The average Bonchev–Trinajstić information content (AvgIpc) is 2.21. The number of aliphatic hydroxyl groups excluding tert-OH is 1. The Hall–Kier alpha value is -0.0800. The first-order valence-electron chi connectivity index (χ1n) is 6.19. The van der Waals surface area contributed by atoms with E-state index in [0.717, 1.165) is 19.4 Å². The molecule has 0 aromatic rings. The standard InChI is InChI=1S/C12H27NO/c1-3-5-6-7-8-10-13-12(4-2)9-11-14/h12-14H,3-11H2,1-2H3. The van der Waals surface area contributed by atoms with Crippen molar-refractivity contribution in [2.24, 2.45) is 0 Å². The first-order chi connectivity index (χ1) is 6.85. The molecule has 0 bridgehead atoms. The number of unbranched alkanes of at least 4 members (excludes halogenated alkanes) is 4. The lowest BCUT2D eigenvalue weighted by Gasteiger charge is -2.15. The van der Waals surface area contributed by atoms with Crippen LogP contribution in [-0.2, 0) is 0 Å². The van der Waals surface area contributed by atoms with Gasteiger partial charge in [0, 0.05) is 12.6 Å². The summed E-state index contributed by atoms with van der Waals surface area (Å²) in [5.74, 6) is 0. The fraction of sp³-hybridized carbons (Fsp3) is 1.00. The summed E-state index contributed by atoms with van der Waals surface area (Å²) in [5.41, 5.74) is 0. The summed E-state index contributed by atoms with van der Waals surface area (Å²) in [6, 6.07) is 0.520. The van der Waals surface area contributed by atoms with E-state index in [1.807, 2.05) is 0 Å². The first-order valence-corrected chi connectivity index (χ1v) is 6.19. The lowest BCUT2D eigenvalue weighted by molar-refractivity contribution is 0.262. The molecule has 14 heavy (non-hydrogen) atoms. The van der Waals surface area contributed by atoms with Crippen LogP contribution in [0.1, 0.15) is 58.8 Å². The molecule has 2 nitrogen and oxygen atoms in total. The normalized spacial score (nSPS) is 13.1. The van der Waals surface area contributed by atoms with Crippen molar-refractivity contribution in [3.8, 4) is 0 Å². The van der Waals surface area contributed by atoms with Crippen LogP contribution < -0.4 is 5.32 Å². The Labute approximate surface area is 89.1 Å². The van der Waals surface area contributed by atoms with E-state index in [2.05, 4.69) is 19.2 Å². The quantitative estimate of drug-likeness (QED) is 0.533. The molecule has 0 aliphatic carbocycles. The van der Waals surface area contributed by atoms with Crippen LogP contribution in [0.3, 0.4) is 0 Å². The van der Waals surface area contributed by atoms with Crippen LogP contribution in [0, 0.1) is 0 Å². The van der Waals surface area contributed by atoms with Gasteiger partial charge in [0.25, 0.3) is 0 Å². The number of rotatable bonds is 10. The number of aliphatic hydroxyl groups is 1. The topological polar surface area (TPSA) is 32.3 Å².